The maximum absolute atomic E-state index is 12.8. The largest absolute Gasteiger partial charge is 0.462 e. The van der Waals surface area contributed by atoms with E-state index in [4.69, 9.17) is 14.2 Å². The lowest BCUT2D eigenvalue weighted by Gasteiger charge is -2.18. The third kappa shape index (κ3) is 56.2. The highest BCUT2D eigenvalue weighted by atomic mass is 16.6. The van der Waals surface area contributed by atoms with Crippen LogP contribution in [0.5, 0.6) is 0 Å². The summed E-state index contributed by atoms with van der Waals surface area (Å²) in [6.45, 7) is 6.30. The number of esters is 3. The zero-order valence-corrected chi connectivity index (χ0v) is 46.1. The Balaban J connectivity index is 4.35. The van der Waals surface area contributed by atoms with E-state index in [1.807, 2.05) is 12.2 Å². The van der Waals surface area contributed by atoms with Crippen LogP contribution >= 0.6 is 0 Å². The summed E-state index contributed by atoms with van der Waals surface area (Å²) in [5.74, 6) is -1.02. The molecule has 1 unspecified atom stereocenters. The van der Waals surface area contributed by atoms with E-state index in [2.05, 4.69) is 154 Å². The van der Waals surface area contributed by atoms with Crippen molar-refractivity contribution in [3.05, 3.63) is 146 Å². The number of ether oxygens (including phenoxy) is 3. The first kappa shape index (κ1) is 67.3. The summed E-state index contributed by atoms with van der Waals surface area (Å²) in [4.78, 5) is 38.0. The number of hydrogen-bond acceptors (Lipinski definition) is 6. The summed E-state index contributed by atoms with van der Waals surface area (Å²) < 4.78 is 16.7. The topological polar surface area (TPSA) is 78.9 Å². The summed E-state index contributed by atoms with van der Waals surface area (Å²) in [6, 6.07) is 0. The predicted molar refractivity (Wildman–Crippen MR) is 311 cm³/mol. The van der Waals surface area contributed by atoms with Crippen molar-refractivity contribution in [3.63, 3.8) is 0 Å². The molecule has 72 heavy (non-hydrogen) atoms. The second-order valence-electron chi connectivity index (χ2n) is 18.4. The van der Waals surface area contributed by atoms with Crippen molar-refractivity contribution in [3.8, 4) is 0 Å². The lowest BCUT2D eigenvalue weighted by Crippen LogP contribution is -2.30. The summed E-state index contributed by atoms with van der Waals surface area (Å²) in [7, 11) is 0. The quantitative estimate of drug-likeness (QED) is 0.0261. The molecule has 0 bridgehead atoms. The van der Waals surface area contributed by atoms with Gasteiger partial charge in [0.2, 0.25) is 0 Å². The fourth-order valence-corrected chi connectivity index (χ4v) is 7.35. The van der Waals surface area contributed by atoms with Crippen molar-refractivity contribution in [1.29, 1.82) is 0 Å². The third-order valence-electron chi connectivity index (χ3n) is 11.6. The van der Waals surface area contributed by atoms with Gasteiger partial charge in [0.1, 0.15) is 13.2 Å². The molecule has 0 aromatic heterocycles. The molecular formula is C66H104O6. The summed E-state index contributed by atoms with van der Waals surface area (Å²) in [6.07, 6.45) is 84.4. The molecule has 0 N–H and O–H groups in total. The lowest BCUT2D eigenvalue weighted by molar-refractivity contribution is -0.166. The van der Waals surface area contributed by atoms with Crippen molar-refractivity contribution in [2.75, 3.05) is 13.2 Å². The first-order chi connectivity index (χ1) is 35.5. The van der Waals surface area contributed by atoms with Crippen LogP contribution in [-0.4, -0.2) is 37.2 Å². The number of carbonyl (C=O) groups is 3. The number of rotatable bonds is 50. The predicted octanol–water partition coefficient (Wildman–Crippen LogP) is 19.6. The summed E-state index contributed by atoms with van der Waals surface area (Å²) in [5, 5.41) is 0. The van der Waals surface area contributed by atoms with E-state index in [9.17, 15) is 14.4 Å². The molecule has 0 rings (SSSR count). The highest BCUT2D eigenvalue weighted by molar-refractivity contribution is 5.71. The zero-order chi connectivity index (χ0) is 52.2. The van der Waals surface area contributed by atoms with Gasteiger partial charge in [0.15, 0.2) is 6.10 Å². The summed E-state index contributed by atoms with van der Waals surface area (Å²) >= 11 is 0. The van der Waals surface area contributed by atoms with Crippen molar-refractivity contribution < 1.29 is 28.6 Å². The van der Waals surface area contributed by atoms with Crippen LogP contribution in [0.1, 0.15) is 233 Å². The van der Waals surface area contributed by atoms with Crippen molar-refractivity contribution >= 4 is 17.9 Å². The van der Waals surface area contributed by atoms with Gasteiger partial charge in [-0.05, 0) is 109 Å². The highest BCUT2D eigenvalue weighted by Crippen LogP contribution is 2.13. The molecule has 0 saturated carbocycles. The average molecular weight is 994 g/mol. The van der Waals surface area contributed by atoms with Crippen LogP contribution < -0.4 is 0 Å². The van der Waals surface area contributed by atoms with Gasteiger partial charge < -0.3 is 14.2 Å². The molecule has 0 aliphatic rings. The fraction of sp³-hybridized carbons (Fsp3) is 0.591. The molecule has 1 atom stereocenters. The Kier molecular flexibility index (Phi) is 55.0. The Hall–Kier alpha value is -4.71. The minimum absolute atomic E-state index is 0.115. The van der Waals surface area contributed by atoms with Crippen molar-refractivity contribution in [2.45, 2.75) is 239 Å². The molecule has 6 heteroatoms. The molecular weight excluding hydrogens is 889 g/mol. The van der Waals surface area contributed by atoms with Crippen LogP contribution in [0.2, 0.25) is 0 Å². The first-order valence-electron chi connectivity index (χ1n) is 28.8. The zero-order valence-electron chi connectivity index (χ0n) is 46.1. The molecule has 0 heterocycles. The maximum Gasteiger partial charge on any atom is 0.306 e. The molecule has 404 valence electrons. The monoisotopic (exact) mass is 993 g/mol. The Morgan fingerprint density at radius 2 is 0.569 bits per heavy atom. The van der Waals surface area contributed by atoms with E-state index in [1.54, 1.807) is 0 Å². The Morgan fingerprint density at radius 3 is 0.903 bits per heavy atom. The minimum atomic E-state index is -0.825. The van der Waals surface area contributed by atoms with Gasteiger partial charge in [0, 0.05) is 19.3 Å². The van der Waals surface area contributed by atoms with Crippen LogP contribution in [0.4, 0.5) is 0 Å². The smallest absolute Gasteiger partial charge is 0.306 e. The van der Waals surface area contributed by atoms with Gasteiger partial charge in [-0.1, -0.05) is 250 Å². The van der Waals surface area contributed by atoms with Crippen LogP contribution in [0.3, 0.4) is 0 Å². The van der Waals surface area contributed by atoms with Gasteiger partial charge in [0.05, 0.1) is 0 Å². The molecule has 0 radical (unpaired) electrons. The van der Waals surface area contributed by atoms with Crippen LogP contribution in [0.15, 0.2) is 146 Å². The summed E-state index contributed by atoms with van der Waals surface area (Å²) in [5.41, 5.74) is 0. The SMILES string of the molecule is CC/C=C\C/C=C\C/C=C\C/C=C\C/C=C\C/C=C\CCCCCCCCCCC(=O)OCC(COC(=O)CCCCCCCCCC)OC(=O)CC/C=C\C/C=C\C/C=C\C/C=C\C/C=C\C/C=C\CC. The molecule has 0 saturated heterocycles. The molecule has 0 aliphatic heterocycles. The number of unbranched alkanes of at least 4 members (excludes halogenated alkanes) is 15. The van der Waals surface area contributed by atoms with Gasteiger partial charge in [-0.25, -0.2) is 0 Å². The normalized spacial score (nSPS) is 13.2. The van der Waals surface area contributed by atoms with E-state index < -0.39 is 12.1 Å². The second kappa shape index (κ2) is 58.9. The molecule has 0 aromatic rings. The van der Waals surface area contributed by atoms with Gasteiger partial charge in [-0.3, -0.25) is 14.4 Å². The highest BCUT2D eigenvalue weighted by Gasteiger charge is 2.19. The van der Waals surface area contributed by atoms with E-state index in [0.29, 0.717) is 19.3 Å². The standard InChI is InChI=1S/C66H104O6/c1-4-7-10-13-16-19-21-23-25-27-29-30-31-32-33-34-35-36-38-39-41-43-45-47-50-53-56-59-65(68)71-62-63(61-70-64(67)58-55-52-49-18-15-12-9-6-3)72-66(69)60-57-54-51-48-46-44-42-40-37-28-26-24-22-20-17-14-11-8-5-2/h7-8,10-11,16-17,19-20,23-26,29-30,32-33,35-37,40,44,46,51,54,63H,4-6,9,12-15,18,21-22,27-28,31,34,38-39,41-43,45,47-50,52-53,55-62H2,1-3H3/b10-7-,11-8-,19-16-,20-17-,25-23-,26-24-,30-29-,33-32-,36-35-,40-37-,46-44-,54-51-. The molecule has 0 aromatic carbocycles. The van der Waals surface area contributed by atoms with Crippen LogP contribution in [0, 0.1) is 0 Å². The van der Waals surface area contributed by atoms with E-state index in [1.165, 1.54) is 64.2 Å². The van der Waals surface area contributed by atoms with Crippen LogP contribution in [-0.2, 0) is 28.6 Å². The third-order valence-corrected chi connectivity index (χ3v) is 11.6. The first-order valence-corrected chi connectivity index (χ1v) is 28.8. The number of carbonyl (C=O) groups excluding carboxylic acids is 3. The minimum Gasteiger partial charge on any atom is -0.462 e. The molecule has 0 amide bonds. The number of allylic oxidation sites excluding steroid dienone is 24. The fourth-order valence-electron chi connectivity index (χ4n) is 7.35. The number of hydrogen-bond donors (Lipinski definition) is 0. The van der Waals surface area contributed by atoms with Crippen LogP contribution in [0.25, 0.3) is 0 Å². The van der Waals surface area contributed by atoms with Gasteiger partial charge in [-0.15, -0.1) is 0 Å². The maximum atomic E-state index is 12.8. The molecule has 6 nitrogen and oxygen atoms in total. The van der Waals surface area contributed by atoms with Gasteiger partial charge in [0.25, 0.3) is 0 Å². The van der Waals surface area contributed by atoms with Crippen molar-refractivity contribution in [1.82, 2.24) is 0 Å². The second-order valence-corrected chi connectivity index (χ2v) is 18.4. The average Bonchev–Trinajstić information content (AvgIpc) is 3.38. The van der Waals surface area contributed by atoms with Gasteiger partial charge >= 0.3 is 17.9 Å². The van der Waals surface area contributed by atoms with E-state index in [-0.39, 0.29) is 31.6 Å². The van der Waals surface area contributed by atoms with Crippen molar-refractivity contribution in [2.24, 2.45) is 0 Å². The molecule has 0 fully saturated rings. The molecule has 0 aliphatic carbocycles. The van der Waals surface area contributed by atoms with E-state index in [0.717, 1.165) is 122 Å². The van der Waals surface area contributed by atoms with Gasteiger partial charge in [-0.2, -0.15) is 0 Å². The lowest BCUT2D eigenvalue weighted by atomic mass is 10.1. The Morgan fingerprint density at radius 1 is 0.292 bits per heavy atom. The molecule has 0 spiro atoms. The Labute approximate surface area is 442 Å². The van der Waals surface area contributed by atoms with E-state index >= 15 is 0 Å². The Bertz CT molecular complexity index is 1610.